The predicted octanol–water partition coefficient (Wildman–Crippen LogP) is 6.94. The lowest BCUT2D eigenvalue weighted by molar-refractivity contribution is -0.137. The largest absolute Gasteiger partial charge is 0.481 e. The van der Waals surface area contributed by atoms with Crippen molar-refractivity contribution in [2.75, 3.05) is 0 Å². The molecule has 0 aromatic rings. The van der Waals surface area contributed by atoms with Gasteiger partial charge in [-0.25, -0.2) is 0 Å². The maximum Gasteiger partial charge on any atom is 0.303 e. The average Bonchev–Trinajstić information content (AvgIpc) is 3.01. The van der Waals surface area contributed by atoms with Gasteiger partial charge >= 0.3 is 5.97 Å². The van der Waals surface area contributed by atoms with Crippen molar-refractivity contribution in [1.82, 2.24) is 0 Å². The van der Waals surface area contributed by atoms with Gasteiger partial charge in [0.2, 0.25) is 0 Å². The van der Waals surface area contributed by atoms with Gasteiger partial charge in [0.1, 0.15) is 0 Å². The number of rotatable bonds is 16. The lowest BCUT2D eigenvalue weighted by atomic mass is 9.86. The van der Waals surface area contributed by atoms with E-state index in [2.05, 4.69) is 46.0 Å². The van der Waals surface area contributed by atoms with Crippen molar-refractivity contribution in [3.63, 3.8) is 0 Å². The zero-order valence-corrected chi connectivity index (χ0v) is 21.2. The third kappa shape index (κ3) is 10.6. The van der Waals surface area contributed by atoms with Crippen molar-refractivity contribution in [3.8, 4) is 0 Å². The summed E-state index contributed by atoms with van der Waals surface area (Å²) in [7, 11) is -1.66. The van der Waals surface area contributed by atoms with E-state index in [-0.39, 0.29) is 12.5 Å². The van der Waals surface area contributed by atoms with Crippen LogP contribution < -0.4 is 0 Å². The molecule has 0 spiro atoms. The number of hydrogen-bond acceptors (Lipinski definition) is 3. The summed E-state index contributed by atoms with van der Waals surface area (Å²) in [6.07, 6.45) is 16.3. The molecule has 4 nitrogen and oxygen atoms in total. The van der Waals surface area contributed by atoms with E-state index in [0.717, 1.165) is 38.5 Å². The van der Waals surface area contributed by atoms with Crippen LogP contribution in [-0.2, 0) is 9.22 Å². The number of hydrogen-bond donors (Lipinski definition) is 2. The second kappa shape index (κ2) is 14.4. The van der Waals surface area contributed by atoms with Crippen LogP contribution in [0.5, 0.6) is 0 Å². The first kappa shape index (κ1) is 27.4. The Labute approximate surface area is 186 Å². The number of allylic oxidation sites excluding steroid dienone is 2. The molecule has 2 N–H and O–H groups in total. The Kier molecular flexibility index (Phi) is 13.2. The Hall–Kier alpha value is -0.653. The second-order valence-electron chi connectivity index (χ2n) is 10.1. The number of carbonyl (C=O) groups is 1. The number of aliphatic carboxylic acids is 1. The number of carboxylic acids is 1. The highest BCUT2D eigenvalue weighted by molar-refractivity contribution is 6.72. The lowest BCUT2D eigenvalue weighted by Crippen LogP contribution is -2.38. The fourth-order valence-electron chi connectivity index (χ4n) is 4.43. The third-order valence-corrected chi connectivity index (χ3v) is 10.8. The molecule has 0 amide bonds. The molecule has 1 aliphatic rings. The summed E-state index contributed by atoms with van der Waals surface area (Å²) < 4.78 is 6.73. The fraction of sp³-hybridized carbons (Fsp3) is 0.880. The molecule has 0 aliphatic heterocycles. The summed E-state index contributed by atoms with van der Waals surface area (Å²) in [5.41, 5.74) is 0.624. The molecule has 0 aromatic carbocycles. The Morgan fingerprint density at radius 3 is 2.50 bits per heavy atom. The molecule has 5 heteroatoms. The van der Waals surface area contributed by atoms with Crippen molar-refractivity contribution in [2.45, 2.75) is 129 Å². The predicted molar refractivity (Wildman–Crippen MR) is 128 cm³/mol. The molecule has 1 rings (SSSR count). The molecule has 1 fully saturated rings. The second-order valence-corrected chi connectivity index (χ2v) is 14.7. The maximum absolute atomic E-state index is 10.6. The quantitative estimate of drug-likeness (QED) is 0.155. The van der Waals surface area contributed by atoms with Crippen LogP contribution in [0.2, 0.25) is 18.6 Å². The Balaban J connectivity index is 2.55. The van der Waals surface area contributed by atoms with Gasteiger partial charge in [0.15, 0.2) is 8.32 Å². The van der Waals surface area contributed by atoms with E-state index in [1.165, 1.54) is 25.7 Å². The average molecular weight is 441 g/mol. The monoisotopic (exact) mass is 440 g/mol. The maximum atomic E-state index is 10.6. The third-order valence-electron chi connectivity index (χ3n) is 7.12. The Bertz CT molecular complexity index is 503. The summed E-state index contributed by atoms with van der Waals surface area (Å²) in [4.78, 5) is 10.6. The molecule has 0 aromatic heterocycles. The van der Waals surface area contributed by atoms with Crippen molar-refractivity contribution in [1.29, 1.82) is 0 Å². The molecule has 1 saturated carbocycles. The molecule has 1 aliphatic carbocycles. The minimum atomic E-state index is -1.66. The number of unbranched alkanes of at least 4 members (excludes halogenated alkanes) is 3. The smallest absolute Gasteiger partial charge is 0.303 e. The molecule has 4 atom stereocenters. The zero-order valence-electron chi connectivity index (χ0n) is 20.2. The standard InChI is InChI=1S/C25H48O4Si/c1-6-7-10-13-22(29-30(4,5)20(2)3)18-16-21-17-19-24(26)23(21)14-11-8-9-12-15-25(27)28/h8,11,20-24,26H,6-7,9-10,12-19H2,1-5H3,(H,27,28)/b11-8-. The summed E-state index contributed by atoms with van der Waals surface area (Å²) in [5.74, 6) is 0.186. The highest BCUT2D eigenvalue weighted by Crippen LogP contribution is 2.39. The van der Waals surface area contributed by atoms with E-state index in [9.17, 15) is 9.90 Å². The van der Waals surface area contributed by atoms with Crippen LogP contribution in [-0.4, -0.2) is 36.7 Å². The molecular weight excluding hydrogens is 392 g/mol. The molecular formula is C25H48O4Si. The van der Waals surface area contributed by atoms with E-state index in [1.54, 1.807) is 0 Å². The van der Waals surface area contributed by atoms with Crippen LogP contribution in [0.25, 0.3) is 0 Å². The Morgan fingerprint density at radius 1 is 1.13 bits per heavy atom. The van der Waals surface area contributed by atoms with Crippen molar-refractivity contribution in [2.24, 2.45) is 11.8 Å². The van der Waals surface area contributed by atoms with Gasteiger partial charge in [0.25, 0.3) is 0 Å². The fourth-order valence-corrected chi connectivity index (χ4v) is 5.79. The number of aliphatic hydroxyl groups excluding tert-OH is 1. The molecule has 0 saturated heterocycles. The van der Waals surface area contributed by atoms with E-state index in [1.807, 2.05) is 0 Å². The molecule has 176 valence electrons. The normalized spacial score (nSPS) is 23.5. The van der Waals surface area contributed by atoms with Gasteiger partial charge in [0.05, 0.1) is 6.10 Å². The summed E-state index contributed by atoms with van der Waals surface area (Å²) in [6, 6.07) is 0. The minimum Gasteiger partial charge on any atom is -0.481 e. The van der Waals surface area contributed by atoms with Crippen LogP contribution in [0, 0.1) is 11.8 Å². The SMILES string of the molecule is CCCCCC(CCC1CCC(O)C1C/C=C\CCCC(=O)O)O[Si](C)(C)C(C)C. The van der Waals surface area contributed by atoms with Gasteiger partial charge < -0.3 is 14.6 Å². The molecule has 4 unspecified atom stereocenters. The van der Waals surface area contributed by atoms with Gasteiger partial charge in [-0.2, -0.15) is 0 Å². The zero-order chi connectivity index (χ0) is 22.6. The summed E-state index contributed by atoms with van der Waals surface area (Å²) >= 11 is 0. The van der Waals surface area contributed by atoms with Gasteiger partial charge in [-0.3, -0.25) is 4.79 Å². The molecule has 0 heterocycles. The van der Waals surface area contributed by atoms with Gasteiger partial charge in [-0.1, -0.05) is 52.2 Å². The van der Waals surface area contributed by atoms with Gasteiger partial charge in [-0.15, -0.1) is 0 Å². The lowest BCUT2D eigenvalue weighted by Gasteiger charge is -2.33. The van der Waals surface area contributed by atoms with E-state index >= 15 is 0 Å². The first-order chi connectivity index (χ1) is 14.2. The van der Waals surface area contributed by atoms with Crippen molar-refractivity contribution < 1.29 is 19.4 Å². The number of carboxylic acid groups (broad SMARTS) is 1. The molecule has 30 heavy (non-hydrogen) atoms. The van der Waals surface area contributed by atoms with Gasteiger partial charge in [0, 0.05) is 12.5 Å². The van der Waals surface area contributed by atoms with Crippen LogP contribution >= 0.6 is 0 Å². The molecule has 0 radical (unpaired) electrons. The highest BCUT2D eigenvalue weighted by Gasteiger charge is 2.35. The minimum absolute atomic E-state index is 0.195. The van der Waals surface area contributed by atoms with Crippen LogP contribution in [0.3, 0.4) is 0 Å². The van der Waals surface area contributed by atoms with E-state index in [0.29, 0.717) is 29.9 Å². The topological polar surface area (TPSA) is 66.8 Å². The van der Waals surface area contributed by atoms with E-state index < -0.39 is 14.3 Å². The molecule has 0 bridgehead atoms. The van der Waals surface area contributed by atoms with E-state index in [4.69, 9.17) is 9.53 Å². The van der Waals surface area contributed by atoms with Crippen LogP contribution in [0.1, 0.15) is 97.8 Å². The van der Waals surface area contributed by atoms with Crippen molar-refractivity contribution in [3.05, 3.63) is 12.2 Å². The summed E-state index contributed by atoms with van der Waals surface area (Å²) in [5, 5.41) is 19.2. The Morgan fingerprint density at radius 2 is 1.87 bits per heavy atom. The first-order valence-corrected chi connectivity index (χ1v) is 15.4. The van der Waals surface area contributed by atoms with Crippen molar-refractivity contribution >= 4 is 14.3 Å². The van der Waals surface area contributed by atoms with Gasteiger partial charge in [-0.05, 0) is 81.8 Å². The first-order valence-electron chi connectivity index (χ1n) is 12.4. The highest BCUT2D eigenvalue weighted by atomic mass is 28.4. The summed E-state index contributed by atoms with van der Waals surface area (Å²) in [6.45, 7) is 11.5. The van der Waals surface area contributed by atoms with Crippen LogP contribution in [0.15, 0.2) is 12.2 Å². The van der Waals surface area contributed by atoms with Crippen LogP contribution in [0.4, 0.5) is 0 Å². The number of aliphatic hydroxyl groups is 1.